The predicted octanol–water partition coefficient (Wildman–Crippen LogP) is 3.86. The molecule has 1 amide bonds. The standard InChI is InChI=1S/C18H21NO4S2/c1-11-8-13(9-12(2)16(11)22)10-14-17(23)19(18(24)25-14)7-5-3-4-6-15(20)21/h8-10,22H,3-7H2,1-2H3,(H,20,21)/b14-10-. The number of phenolic OH excluding ortho intramolecular Hbond substituents is 1. The summed E-state index contributed by atoms with van der Waals surface area (Å²) < 4.78 is 0.529. The number of aromatic hydroxyl groups is 1. The van der Waals surface area contributed by atoms with Gasteiger partial charge in [-0.15, -0.1) is 0 Å². The average Bonchev–Trinajstić information content (AvgIpc) is 2.79. The number of thioether (sulfide) groups is 1. The van der Waals surface area contributed by atoms with E-state index in [1.165, 1.54) is 11.8 Å². The summed E-state index contributed by atoms with van der Waals surface area (Å²) in [5, 5.41) is 18.5. The first-order chi connectivity index (χ1) is 11.8. The molecule has 0 unspecified atom stereocenters. The highest BCUT2D eigenvalue weighted by Crippen LogP contribution is 2.34. The van der Waals surface area contributed by atoms with Crippen molar-refractivity contribution < 1.29 is 19.8 Å². The van der Waals surface area contributed by atoms with Crippen LogP contribution in [-0.2, 0) is 9.59 Å². The SMILES string of the molecule is Cc1cc(/C=C2\SC(=S)N(CCCCCC(=O)O)C2=O)cc(C)c1O. The van der Waals surface area contributed by atoms with Crippen LogP contribution in [0.4, 0.5) is 0 Å². The van der Waals surface area contributed by atoms with E-state index in [-0.39, 0.29) is 18.1 Å². The maximum absolute atomic E-state index is 12.5. The van der Waals surface area contributed by atoms with E-state index >= 15 is 0 Å². The van der Waals surface area contributed by atoms with Crippen LogP contribution in [0.5, 0.6) is 5.75 Å². The molecule has 1 fully saturated rings. The van der Waals surface area contributed by atoms with Gasteiger partial charge < -0.3 is 10.2 Å². The molecule has 0 aromatic heterocycles. The van der Waals surface area contributed by atoms with Gasteiger partial charge in [0.1, 0.15) is 10.1 Å². The minimum Gasteiger partial charge on any atom is -0.507 e. The van der Waals surface area contributed by atoms with Gasteiger partial charge in [-0.2, -0.15) is 0 Å². The Hall–Kier alpha value is -1.86. The molecule has 1 aromatic rings. The molecule has 0 radical (unpaired) electrons. The minimum absolute atomic E-state index is 0.114. The predicted molar refractivity (Wildman–Crippen MR) is 104 cm³/mol. The van der Waals surface area contributed by atoms with Crippen LogP contribution in [0.2, 0.25) is 0 Å². The van der Waals surface area contributed by atoms with Crippen molar-refractivity contribution in [3.63, 3.8) is 0 Å². The summed E-state index contributed by atoms with van der Waals surface area (Å²) in [7, 11) is 0. The van der Waals surface area contributed by atoms with E-state index in [0.29, 0.717) is 22.2 Å². The van der Waals surface area contributed by atoms with Crippen molar-refractivity contribution in [2.45, 2.75) is 39.5 Å². The number of thiocarbonyl (C=S) groups is 1. The Morgan fingerprint density at radius 2 is 1.88 bits per heavy atom. The van der Waals surface area contributed by atoms with Crippen LogP contribution in [0, 0.1) is 13.8 Å². The van der Waals surface area contributed by atoms with Gasteiger partial charge in [-0.3, -0.25) is 14.5 Å². The van der Waals surface area contributed by atoms with Crippen LogP contribution in [0.15, 0.2) is 17.0 Å². The monoisotopic (exact) mass is 379 g/mol. The van der Waals surface area contributed by atoms with Crippen LogP contribution in [0.1, 0.15) is 42.4 Å². The van der Waals surface area contributed by atoms with Crippen LogP contribution < -0.4 is 0 Å². The van der Waals surface area contributed by atoms with Crippen LogP contribution in [0.3, 0.4) is 0 Å². The van der Waals surface area contributed by atoms with Crippen molar-refractivity contribution in [1.82, 2.24) is 4.90 Å². The molecule has 1 heterocycles. The molecule has 0 bridgehead atoms. The molecule has 1 saturated heterocycles. The fraction of sp³-hybridized carbons (Fsp3) is 0.389. The van der Waals surface area contributed by atoms with Gasteiger partial charge in [0.15, 0.2) is 0 Å². The number of carboxylic acids is 1. The topological polar surface area (TPSA) is 77.8 Å². The number of phenols is 1. The van der Waals surface area contributed by atoms with Gasteiger partial charge >= 0.3 is 5.97 Å². The smallest absolute Gasteiger partial charge is 0.303 e. The number of aliphatic carboxylic acids is 1. The summed E-state index contributed by atoms with van der Waals surface area (Å²) in [6.07, 6.45) is 4.02. The Morgan fingerprint density at radius 3 is 2.48 bits per heavy atom. The van der Waals surface area contributed by atoms with Gasteiger partial charge in [-0.1, -0.05) is 30.4 Å². The third kappa shape index (κ3) is 5.06. The lowest BCUT2D eigenvalue weighted by Crippen LogP contribution is -2.29. The number of benzene rings is 1. The number of unbranched alkanes of at least 4 members (excludes halogenated alkanes) is 2. The molecule has 1 aliphatic rings. The molecule has 0 saturated carbocycles. The molecule has 2 rings (SSSR count). The number of nitrogens with zero attached hydrogens (tertiary/aromatic N) is 1. The summed E-state index contributed by atoms with van der Waals surface area (Å²) in [4.78, 5) is 25.2. The number of hydrogen-bond acceptors (Lipinski definition) is 5. The summed E-state index contributed by atoms with van der Waals surface area (Å²) in [6, 6.07) is 3.67. The number of amides is 1. The molecule has 134 valence electrons. The summed E-state index contributed by atoms with van der Waals surface area (Å²) in [6.45, 7) is 4.15. The van der Waals surface area contributed by atoms with Gasteiger partial charge in [0.25, 0.3) is 5.91 Å². The van der Waals surface area contributed by atoms with E-state index in [4.69, 9.17) is 17.3 Å². The number of hydrogen-bond donors (Lipinski definition) is 2. The molecule has 7 heteroatoms. The lowest BCUT2D eigenvalue weighted by Gasteiger charge is -2.13. The fourth-order valence-electron chi connectivity index (χ4n) is 2.64. The van der Waals surface area contributed by atoms with Gasteiger partial charge in [-0.25, -0.2) is 0 Å². The zero-order valence-corrected chi connectivity index (χ0v) is 15.9. The number of aryl methyl sites for hydroxylation is 2. The molecule has 0 spiro atoms. The van der Waals surface area contributed by atoms with Crippen molar-refractivity contribution in [3.8, 4) is 5.75 Å². The number of carbonyl (C=O) groups excluding carboxylic acids is 1. The molecule has 1 aromatic carbocycles. The third-order valence-electron chi connectivity index (χ3n) is 3.96. The molecular formula is C18H21NO4S2. The van der Waals surface area contributed by atoms with Crippen molar-refractivity contribution in [2.75, 3.05) is 6.54 Å². The van der Waals surface area contributed by atoms with E-state index in [2.05, 4.69) is 0 Å². The second kappa shape index (κ2) is 8.49. The quantitative estimate of drug-likeness (QED) is 0.426. The zero-order valence-electron chi connectivity index (χ0n) is 14.2. The van der Waals surface area contributed by atoms with Crippen molar-refractivity contribution in [2.24, 2.45) is 0 Å². The second-order valence-electron chi connectivity index (χ2n) is 6.04. The Labute approximate surface area is 156 Å². The third-order valence-corrected chi connectivity index (χ3v) is 5.33. The first kappa shape index (κ1) is 19.5. The molecule has 1 aliphatic heterocycles. The Kier molecular flexibility index (Phi) is 6.61. The van der Waals surface area contributed by atoms with E-state index in [0.717, 1.165) is 29.5 Å². The average molecular weight is 380 g/mol. The lowest BCUT2D eigenvalue weighted by atomic mass is 10.1. The maximum Gasteiger partial charge on any atom is 0.303 e. The second-order valence-corrected chi connectivity index (χ2v) is 7.72. The normalized spacial score (nSPS) is 16.1. The Balaban J connectivity index is 2.01. The summed E-state index contributed by atoms with van der Waals surface area (Å²) in [5.74, 6) is -0.643. The molecule has 0 atom stereocenters. The number of rotatable bonds is 7. The molecule has 0 aliphatic carbocycles. The van der Waals surface area contributed by atoms with Crippen molar-refractivity contribution in [3.05, 3.63) is 33.7 Å². The first-order valence-corrected chi connectivity index (χ1v) is 9.29. The van der Waals surface area contributed by atoms with Crippen LogP contribution >= 0.6 is 24.0 Å². The van der Waals surface area contributed by atoms with Crippen molar-refractivity contribution >= 4 is 46.3 Å². The lowest BCUT2D eigenvalue weighted by molar-refractivity contribution is -0.137. The maximum atomic E-state index is 12.5. The highest BCUT2D eigenvalue weighted by atomic mass is 32.2. The zero-order chi connectivity index (χ0) is 18.6. The van der Waals surface area contributed by atoms with E-state index in [9.17, 15) is 14.7 Å². The molecule has 5 nitrogen and oxygen atoms in total. The summed E-state index contributed by atoms with van der Waals surface area (Å²) in [5.41, 5.74) is 2.38. The van der Waals surface area contributed by atoms with Gasteiger partial charge in [0.2, 0.25) is 0 Å². The highest BCUT2D eigenvalue weighted by Gasteiger charge is 2.31. The Bertz CT molecular complexity index is 720. The van der Waals surface area contributed by atoms with E-state index in [1.54, 1.807) is 11.0 Å². The van der Waals surface area contributed by atoms with Gasteiger partial charge in [0, 0.05) is 13.0 Å². The number of carbonyl (C=O) groups is 2. The molecular weight excluding hydrogens is 358 g/mol. The molecule has 25 heavy (non-hydrogen) atoms. The molecule has 2 N–H and O–H groups in total. The van der Waals surface area contributed by atoms with Crippen LogP contribution in [0.25, 0.3) is 6.08 Å². The van der Waals surface area contributed by atoms with Gasteiger partial charge in [0.05, 0.1) is 4.91 Å². The summed E-state index contributed by atoms with van der Waals surface area (Å²) >= 11 is 6.57. The number of carboxylic acid groups (broad SMARTS) is 1. The Morgan fingerprint density at radius 1 is 1.24 bits per heavy atom. The van der Waals surface area contributed by atoms with E-state index < -0.39 is 5.97 Å². The van der Waals surface area contributed by atoms with E-state index in [1.807, 2.05) is 26.0 Å². The van der Waals surface area contributed by atoms with Gasteiger partial charge in [-0.05, 0) is 61.6 Å². The minimum atomic E-state index is -0.798. The van der Waals surface area contributed by atoms with Crippen molar-refractivity contribution in [1.29, 1.82) is 0 Å². The fourth-order valence-corrected chi connectivity index (χ4v) is 3.95. The first-order valence-electron chi connectivity index (χ1n) is 8.07. The largest absolute Gasteiger partial charge is 0.507 e. The van der Waals surface area contributed by atoms with Crippen LogP contribution in [-0.4, -0.2) is 37.9 Å². The highest BCUT2D eigenvalue weighted by molar-refractivity contribution is 8.26.